The van der Waals surface area contributed by atoms with E-state index in [0.717, 1.165) is 4.31 Å². The molecule has 0 N–H and O–H groups in total. The van der Waals surface area contributed by atoms with Crippen molar-refractivity contribution < 1.29 is 17.9 Å². The average Bonchev–Trinajstić information content (AvgIpc) is 2.50. The van der Waals surface area contributed by atoms with E-state index in [1.165, 1.54) is 19.1 Å². The summed E-state index contributed by atoms with van der Waals surface area (Å²) in [5, 5.41) is 0. The highest BCUT2D eigenvalue weighted by Crippen LogP contribution is 2.26. The Labute approximate surface area is 130 Å². The van der Waals surface area contributed by atoms with E-state index < -0.39 is 15.9 Å². The molecule has 0 bridgehead atoms. The van der Waals surface area contributed by atoms with E-state index in [9.17, 15) is 13.2 Å². The normalized spacial score (nSPS) is 11.0. The van der Waals surface area contributed by atoms with Gasteiger partial charge in [0.1, 0.15) is 5.75 Å². The zero-order chi connectivity index (χ0) is 16.2. The smallest absolute Gasteiger partial charge is 0.270 e. The van der Waals surface area contributed by atoms with Crippen LogP contribution in [0.4, 0.5) is 5.69 Å². The van der Waals surface area contributed by atoms with Gasteiger partial charge in [-0.05, 0) is 43.3 Å². The van der Waals surface area contributed by atoms with Gasteiger partial charge in [-0.2, -0.15) is 0 Å². The number of hydrogen-bond donors (Lipinski definition) is 0. The van der Waals surface area contributed by atoms with Crippen molar-refractivity contribution in [1.29, 1.82) is 0 Å². The highest BCUT2D eigenvalue weighted by Gasteiger charge is 2.28. The van der Waals surface area contributed by atoms with Crippen molar-refractivity contribution in [3.63, 3.8) is 0 Å². The van der Waals surface area contributed by atoms with E-state index in [2.05, 4.69) is 0 Å². The molecule has 2 aromatic carbocycles. The van der Waals surface area contributed by atoms with E-state index in [1.807, 2.05) is 6.92 Å². The molecule has 1 amide bonds. The lowest BCUT2D eigenvalue weighted by Crippen LogP contribution is -2.35. The van der Waals surface area contributed by atoms with Crippen molar-refractivity contribution >= 4 is 21.6 Å². The number of hydrogen-bond acceptors (Lipinski definition) is 4. The first-order chi connectivity index (χ1) is 10.5. The molecule has 0 radical (unpaired) electrons. The third-order valence-corrected chi connectivity index (χ3v) is 4.77. The summed E-state index contributed by atoms with van der Waals surface area (Å²) in [5.41, 5.74) is 0.278. The summed E-state index contributed by atoms with van der Waals surface area (Å²) in [7, 11) is -3.94. The third kappa shape index (κ3) is 3.28. The summed E-state index contributed by atoms with van der Waals surface area (Å²) >= 11 is 0. The van der Waals surface area contributed by atoms with Gasteiger partial charge in [0.25, 0.3) is 10.0 Å². The number of anilines is 1. The zero-order valence-electron chi connectivity index (χ0n) is 12.4. The SMILES string of the molecule is CCOc1ccc(N(C(C)=O)S(=O)(=O)c2ccccc2)cc1. The van der Waals surface area contributed by atoms with Gasteiger partial charge < -0.3 is 4.74 Å². The van der Waals surface area contributed by atoms with Crippen LogP contribution in [0.5, 0.6) is 5.75 Å². The molecule has 116 valence electrons. The Bertz CT molecular complexity index is 739. The van der Waals surface area contributed by atoms with Crippen LogP contribution < -0.4 is 9.04 Å². The quantitative estimate of drug-likeness (QED) is 0.850. The number of ether oxygens (including phenoxy) is 1. The highest BCUT2D eigenvalue weighted by molar-refractivity contribution is 7.93. The molecular formula is C16H17NO4S. The van der Waals surface area contributed by atoms with Crippen molar-refractivity contribution in [2.45, 2.75) is 18.7 Å². The van der Waals surface area contributed by atoms with Gasteiger partial charge in [0, 0.05) is 6.92 Å². The molecule has 2 rings (SSSR count). The van der Waals surface area contributed by atoms with Crippen LogP contribution in [0.1, 0.15) is 13.8 Å². The minimum Gasteiger partial charge on any atom is -0.494 e. The molecule has 0 saturated carbocycles. The molecule has 5 nitrogen and oxygen atoms in total. The maximum Gasteiger partial charge on any atom is 0.270 e. The number of sulfonamides is 1. The Morgan fingerprint density at radius 2 is 1.64 bits per heavy atom. The van der Waals surface area contributed by atoms with Gasteiger partial charge in [-0.1, -0.05) is 18.2 Å². The van der Waals surface area contributed by atoms with Crippen molar-refractivity contribution in [2.75, 3.05) is 10.9 Å². The zero-order valence-corrected chi connectivity index (χ0v) is 13.2. The van der Waals surface area contributed by atoms with E-state index in [4.69, 9.17) is 4.74 Å². The maximum atomic E-state index is 12.7. The van der Waals surface area contributed by atoms with Crippen LogP contribution in [-0.4, -0.2) is 20.9 Å². The Balaban J connectivity index is 2.45. The van der Waals surface area contributed by atoms with E-state index in [0.29, 0.717) is 12.4 Å². The third-order valence-electron chi connectivity index (χ3n) is 2.95. The molecular weight excluding hydrogens is 302 g/mol. The largest absolute Gasteiger partial charge is 0.494 e. The molecule has 0 atom stereocenters. The summed E-state index contributed by atoms with van der Waals surface area (Å²) in [6.45, 7) is 3.59. The Kier molecular flexibility index (Phi) is 4.82. The first kappa shape index (κ1) is 16.0. The molecule has 2 aromatic rings. The van der Waals surface area contributed by atoms with Crippen molar-refractivity contribution in [3.8, 4) is 5.75 Å². The topological polar surface area (TPSA) is 63.7 Å². The number of nitrogens with zero attached hydrogens (tertiary/aromatic N) is 1. The van der Waals surface area contributed by atoms with Crippen LogP contribution in [0.15, 0.2) is 59.5 Å². The number of carbonyl (C=O) groups excluding carboxylic acids is 1. The fourth-order valence-electron chi connectivity index (χ4n) is 2.03. The molecule has 0 unspecified atom stereocenters. The Hall–Kier alpha value is -2.34. The van der Waals surface area contributed by atoms with Crippen LogP contribution in [0, 0.1) is 0 Å². The van der Waals surface area contributed by atoms with E-state index >= 15 is 0 Å². The first-order valence-electron chi connectivity index (χ1n) is 6.80. The lowest BCUT2D eigenvalue weighted by Gasteiger charge is -2.21. The minimum atomic E-state index is -3.94. The van der Waals surface area contributed by atoms with Gasteiger partial charge >= 0.3 is 0 Å². The lowest BCUT2D eigenvalue weighted by molar-refractivity contribution is -0.115. The molecule has 0 fully saturated rings. The standard InChI is InChI=1S/C16H17NO4S/c1-3-21-15-11-9-14(10-12-15)17(13(2)18)22(19,20)16-7-5-4-6-8-16/h4-12H,3H2,1-2H3. The fourth-order valence-corrected chi connectivity index (χ4v) is 3.48. The van der Waals surface area contributed by atoms with E-state index in [-0.39, 0.29) is 10.6 Å². The Morgan fingerprint density at radius 1 is 1.05 bits per heavy atom. The van der Waals surface area contributed by atoms with E-state index in [1.54, 1.807) is 42.5 Å². The van der Waals surface area contributed by atoms with Gasteiger partial charge in [-0.3, -0.25) is 4.79 Å². The van der Waals surface area contributed by atoms with Crippen LogP contribution in [-0.2, 0) is 14.8 Å². The number of benzene rings is 2. The molecule has 0 aliphatic heterocycles. The molecule has 22 heavy (non-hydrogen) atoms. The summed E-state index contributed by atoms with van der Waals surface area (Å²) in [6, 6.07) is 14.2. The van der Waals surface area contributed by atoms with Crippen LogP contribution in [0.2, 0.25) is 0 Å². The van der Waals surface area contributed by atoms with Gasteiger partial charge in [-0.25, -0.2) is 12.7 Å². The van der Waals surface area contributed by atoms with Crippen molar-refractivity contribution in [1.82, 2.24) is 0 Å². The number of carbonyl (C=O) groups is 1. The molecule has 0 aliphatic rings. The van der Waals surface area contributed by atoms with Crippen LogP contribution >= 0.6 is 0 Å². The minimum absolute atomic E-state index is 0.0686. The molecule has 0 aromatic heterocycles. The average molecular weight is 319 g/mol. The van der Waals surface area contributed by atoms with Gasteiger partial charge in [0.2, 0.25) is 5.91 Å². The summed E-state index contributed by atoms with van der Waals surface area (Å²) < 4.78 is 31.4. The van der Waals surface area contributed by atoms with Crippen LogP contribution in [0.25, 0.3) is 0 Å². The predicted octanol–water partition coefficient (Wildman–Crippen LogP) is 2.83. The second-order valence-electron chi connectivity index (χ2n) is 4.53. The molecule has 6 heteroatoms. The summed E-state index contributed by atoms with van der Waals surface area (Å²) in [6.07, 6.45) is 0. The van der Waals surface area contributed by atoms with Gasteiger partial charge in [-0.15, -0.1) is 0 Å². The highest BCUT2D eigenvalue weighted by atomic mass is 32.2. The number of amides is 1. The second kappa shape index (κ2) is 6.62. The van der Waals surface area contributed by atoms with Gasteiger partial charge in [0.05, 0.1) is 17.2 Å². The fraction of sp³-hybridized carbons (Fsp3) is 0.188. The summed E-state index contributed by atoms with van der Waals surface area (Å²) in [5.74, 6) is 0.0416. The Morgan fingerprint density at radius 3 is 2.14 bits per heavy atom. The molecule has 0 saturated heterocycles. The van der Waals surface area contributed by atoms with Crippen LogP contribution in [0.3, 0.4) is 0 Å². The predicted molar refractivity (Wildman–Crippen MR) is 84.4 cm³/mol. The molecule has 0 aliphatic carbocycles. The first-order valence-corrected chi connectivity index (χ1v) is 8.24. The molecule has 0 heterocycles. The van der Waals surface area contributed by atoms with Gasteiger partial charge in [0.15, 0.2) is 0 Å². The van der Waals surface area contributed by atoms with Crippen molar-refractivity contribution in [2.24, 2.45) is 0 Å². The maximum absolute atomic E-state index is 12.7. The lowest BCUT2D eigenvalue weighted by atomic mass is 10.3. The second-order valence-corrected chi connectivity index (χ2v) is 6.32. The van der Waals surface area contributed by atoms with Crippen molar-refractivity contribution in [3.05, 3.63) is 54.6 Å². The number of rotatable bonds is 5. The molecule has 0 spiro atoms. The monoisotopic (exact) mass is 319 g/mol. The summed E-state index contributed by atoms with van der Waals surface area (Å²) in [4.78, 5) is 12.0.